The van der Waals surface area contributed by atoms with Crippen LogP contribution in [0.3, 0.4) is 0 Å². The third-order valence-corrected chi connectivity index (χ3v) is 4.78. The van der Waals surface area contributed by atoms with Crippen LogP contribution in [0.25, 0.3) is 11.3 Å². The van der Waals surface area contributed by atoms with Crippen LogP contribution in [0.4, 0.5) is 4.39 Å². The Morgan fingerprint density at radius 3 is 2.92 bits per heavy atom. The molecule has 1 N–H and O–H groups in total. The topological polar surface area (TPSA) is 61.9 Å². The fraction of sp³-hybridized carbons (Fsp3) is 0.250. The van der Waals surface area contributed by atoms with Gasteiger partial charge in [-0.3, -0.25) is 14.9 Å². The van der Waals surface area contributed by atoms with Gasteiger partial charge in [-0.05, 0) is 43.5 Å². The second kappa shape index (κ2) is 7.07. The molecule has 2 aromatic heterocycles. The highest BCUT2D eigenvalue weighted by Gasteiger charge is 2.31. The molecule has 26 heavy (non-hydrogen) atoms. The van der Waals surface area contributed by atoms with Crippen molar-refractivity contribution in [1.82, 2.24) is 20.1 Å². The highest BCUT2D eigenvalue weighted by atomic mass is 19.1. The summed E-state index contributed by atoms with van der Waals surface area (Å²) in [5, 5.41) is 6.88. The van der Waals surface area contributed by atoms with E-state index < -0.39 is 0 Å². The standard InChI is InChI=1S/C20H19FN4O/c21-15-7-5-6-14(12-15)19-16(13-23-24-19)20(26)25-11-4-2-9-18(25)17-8-1-3-10-22-17/h1,3,5-8,10,12-13,18H,2,4,9,11H2,(H,23,24). The summed E-state index contributed by atoms with van der Waals surface area (Å²) < 4.78 is 13.6. The lowest BCUT2D eigenvalue weighted by Crippen LogP contribution is -2.39. The van der Waals surface area contributed by atoms with E-state index >= 15 is 0 Å². The summed E-state index contributed by atoms with van der Waals surface area (Å²) in [7, 11) is 0. The normalized spacial score (nSPS) is 17.3. The average Bonchev–Trinajstić information content (AvgIpc) is 3.18. The summed E-state index contributed by atoms with van der Waals surface area (Å²) in [5.41, 5.74) is 2.51. The monoisotopic (exact) mass is 350 g/mol. The van der Waals surface area contributed by atoms with E-state index in [9.17, 15) is 9.18 Å². The number of carbonyl (C=O) groups excluding carboxylic acids is 1. The fourth-order valence-corrected chi connectivity index (χ4v) is 3.52. The number of H-pyrrole nitrogens is 1. The molecule has 5 nitrogen and oxygen atoms in total. The molecule has 3 aromatic rings. The van der Waals surface area contributed by atoms with Crippen LogP contribution in [0.1, 0.15) is 41.4 Å². The van der Waals surface area contributed by atoms with Crippen LogP contribution < -0.4 is 0 Å². The van der Waals surface area contributed by atoms with Crippen LogP contribution in [0, 0.1) is 5.82 Å². The Bertz CT molecular complexity index is 909. The van der Waals surface area contributed by atoms with Crippen molar-refractivity contribution in [2.45, 2.75) is 25.3 Å². The minimum Gasteiger partial charge on any atom is -0.330 e. The number of likely N-dealkylation sites (tertiary alicyclic amines) is 1. The van der Waals surface area contributed by atoms with Crippen molar-refractivity contribution in [2.24, 2.45) is 0 Å². The number of pyridine rings is 1. The lowest BCUT2D eigenvalue weighted by atomic mass is 9.97. The van der Waals surface area contributed by atoms with E-state index in [4.69, 9.17) is 0 Å². The van der Waals surface area contributed by atoms with Gasteiger partial charge in [-0.2, -0.15) is 5.10 Å². The maximum absolute atomic E-state index is 13.6. The largest absolute Gasteiger partial charge is 0.330 e. The highest BCUT2D eigenvalue weighted by Crippen LogP contribution is 2.32. The van der Waals surface area contributed by atoms with E-state index in [2.05, 4.69) is 15.2 Å². The minimum absolute atomic E-state index is 0.0484. The first-order valence-electron chi connectivity index (χ1n) is 8.75. The van der Waals surface area contributed by atoms with Crippen LogP contribution in [0.15, 0.2) is 54.9 Å². The van der Waals surface area contributed by atoms with Crippen molar-refractivity contribution >= 4 is 5.91 Å². The van der Waals surface area contributed by atoms with Gasteiger partial charge in [0.05, 0.1) is 29.2 Å². The van der Waals surface area contributed by atoms with E-state index in [0.29, 0.717) is 23.4 Å². The van der Waals surface area contributed by atoms with Crippen LogP contribution in [-0.4, -0.2) is 32.5 Å². The summed E-state index contributed by atoms with van der Waals surface area (Å²) in [6.07, 6.45) is 6.18. The van der Waals surface area contributed by atoms with Gasteiger partial charge in [0.2, 0.25) is 0 Å². The van der Waals surface area contributed by atoms with E-state index in [-0.39, 0.29) is 17.8 Å². The molecule has 1 atom stereocenters. The Labute approximate surface area is 150 Å². The molecule has 1 aromatic carbocycles. The lowest BCUT2D eigenvalue weighted by Gasteiger charge is -2.35. The number of nitrogens with one attached hydrogen (secondary N) is 1. The number of rotatable bonds is 3. The first kappa shape index (κ1) is 16.4. The summed E-state index contributed by atoms with van der Waals surface area (Å²) in [5.74, 6) is -0.451. The summed E-state index contributed by atoms with van der Waals surface area (Å²) in [6, 6.07) is 11.9. The third kappa shape index (κ3) is 3.10. The molecule has 0 aliphatic carbocycles. The first-order chi connectivity index (χ1) is 12.7. The average molecular weight is 350 g/mol. The number of benzene rings is 1. The Morgan fingerprint density at radius 2 is 2.12 bits per heavy atom. The maximum atomic E-state index is 13.6. The zero-order valence-corrected chi connectivity index (χ0v) is 14.2. The molecule has 1 fully saturated rings. The molecular weight excluding hydrogens is 331 g/mol. The van der Waals surface area contributed by atoms with Gasteiger partial charge in [0, 0.05) is 18.3 Å². The number of aromatic amines is 1. The lowest BCUT2D eigenvalue weighted by molar-refractivity contribution is 0.0607. The Balaban J connectivity index is 1.68. The summed E-state index contributed by atoms with van der Waals surface area (Å²) in [6.45, 7) is 0.674. The van der Waals surface area contributed by atoms with Gasteiger partial charge < -0.3 is 4.90 Å². The van der Waals surface area contributed by atoms with Gasteiger partial charge in [0.15, 0.2) is 0 Å². The predicted molar refractivity (Wildman–Crippen MR) is 95.8 cm³/mol. The molecule has 1 amide bonds. The molecule has 6 heteroatoms. The van der Waals surface area contributed by atoms with E-state index in [1.807, 2.05) is 23.1 Å². The SMILES string of the molecule is O=C(c1cn[nH]c1-c1cccc(F)c1)N1CCCCC1c1ccccn1. The first-order valence-corrected chi connectivity index (χ1v) is 8.75. The van der Waals surface area contributed by atoms with Crippen molar-refractivity contribution in [3.63, 3.8) is 0 Å². The van der Waals surface area contributed by atoms with Crippen LogP contribution in [0.2, 0.25) is 0 Å². The molecule has 3 heterocycles. The molecule has 0 spiro atoms. The smallest absolute Gasteiger partial charge is 0.258 e. The maximum Gasteiger partial charge on any atom is 0.258 e. The number of amides is 1. The van der Waals surface area contributed by atoms with Crippen molar-refractivity contribution < 1.29 is 9.18 Å². The molecule has 0 saturated carbocycles. The van der Waals surface area contributed by atoms with Gasteiger partial charge in [0.25, 0.3) is 5.91 Å². The number of aromatic nitrogens is 3. The minimum atomic E-state index is -0.347. The summed E-state index contributed by atoms with van der Waals surface area (Å²) >= 11 is 0. The molecule has 1 aliphatic heterocycles. The third-order valence-electron chi connectivity index (χ3n) is 4.78. The van der Waals surface area contributed by atoms with Gasteiger partial charge in [-0.25, -0.2) is 4.39 Å². The second-order valence-electron chi connectivity index (χ2n) is 6.43. The number of halogens is 1. The molecule has 132 valence electrons. The van der Waals surface area contributed by atoms with Crippen LogP contribution >= 0.6 is 0 Å². The molecule has 4 rings (SSSR count). The van der Waals surface area contributed by atoms with Crippen molar-refractivity contribution in [3.8, 4) is 11.3 Å². The van der Waals surface area contributed by atoms with Crippen molar-refractivity contribution in [2.75, 3.05) is 6.54 Å². The molecule has 0 radical (unpaired) electrons. The van der Waals surface area contributed by atoms with Gasteiger partial charge in [0.1, 0.15) is 5.82 Å². The fourth-order valence-electron chi connectivity index (χ4n) is 3.52. The van der Waals surface area contributed by atoms with Gasteiger partial charge in [-0.15, -0.1) is 0 Å². The Hall–Kier alpha value is -3.02. The zero-order chi connectivity index (χ0) is 17.9. The highest BCUT2D eigenvalue weighted by molar-refractivity contribution is 6.00. The van der Waals surface area contributed by atoms with Crippen molar-refractivity contribution in [3.05, 3.63) is 71.9 Å². The summed E-state index contributed by atoms with van der Waals surface area (Å²) in [4.78, 5) is 19.6. The van der Waals surface area contributed by atoms with E-state index in [1.54, 1.807) is 18.3 Å². The molecule has 1 unspecified atom stereocenters. The molecule has 0 bridgehead atoms. The molecule has 1 aliphatic rings. The Kier molecular flexibility index (Phi) is 4.48. The number of hydrogen-bond acceptors (Lipinski definition) is 3. The quantitative estimate of drug-likeness (QED) is 0.777. The second-order valence-corrected chi connectivity index (χ2v) is 6.43. The number of piperidine rings is 1. The van der Waals surface area contributed by atoms with Gasteiger partial charge >= 0.3 is 0 Å². The number of hydrogen-bond donors (Lipinski definition) is 1. The number of carbonyl (C=O) groups is 1. The van der Waals surface area contributed by atoms with Gasteiger partial charge in [-0.1, -0.05) is 18.2 Å². The molecule has 1 saturated heterocycles. The number of nitrogens with zero attached hydrogens (tertiary/aromatic N) is 3. The zero-order valence-electron chi connectivity index (χ0n) is 14.2. The van der Waals surface area contributed by atoms with Crippen LogP contribution in [-0.2, 0) is 0 Å². The van der Waals surface area contributed by atoms with Crippen LogP contribution in [0.5, 0.6) is 0 Å². The molecular formula is C20H19FN4O. The van der Waals surface area contributed by atoms with E-state index in [0.717, 1.165) is 25.0 Å². The predicted octanol–water partition coefficient (Wildman–Crippen LogP) is 3.98. The van der Waals surface area contributed by atoms with Crippen molar-refractivity contribution in [1.29, 1.82) is 0 Å². The van der Waals surface area contributed by atoms with E-state index in [1.165, 1.54) is 18.3 Å². The Morgan fingerprint density at radius 1 is 1.19 bits per heavy atom.